The van der Waals surface area contributed by atoms with Gasteiger partial charge in [0.05, 0.1) is 31.4 Å². The minimum absolute atomic E-state index is 0.0279. The van der Waals surface area contributed by atoms with Crippen molar-refractivity contribution in [2.24, 2.45) is 0 Å². The molecule has 5 heteroatoms. The topological polar surface area (TPSA) is 70.0 Å². The van der Waals surface area contributed by atoms with Gasteiger partial charge in [-0.1, -0.05) is 0 Å². The average molecular weight is 251 g/mol. The van der Waals surface area contributed by atoms with Gasteiger partial charge >= 0.3 is 5.97 Å². The first-order valence-electron chi connectivity index (χ1n) is 5.92. The van der Waals surface area contributed by atoms with Gasteiger partial charge in [-0.3, -0.25) is 0 Å². The lowest BCUT2D eigenvalue weighted by Crippen LogP contribution is -2.48. The molecule has 0 aliphatic carbocycles. The Hall–Kier alpha value is -1.59. The number of nitrogens with zero attached hydrogens (tertiary/aromatic N) is 1. The second-order valence-corrected chi connectivity index (χ2v) is 4.41. The Labute approximate surface area is 106 Å². The molecule has 98 valence electrons. The zero-order valence-corrected chi connectivity index (χ0v) is 10.3. The van der Waals surface area contributed by atoms with Gasteiger partial charge in [0.25, 0.3) is 0 Å². The first-order valence-corrected chi connectivity index (χ1v) is 5.92. The van der Waals surface area contributed by atoms with E-state index in [2.05, 4.69) is 4.90 Å². The number of hydrogen-bond acceptors (Lipinski definition) is 4. The van der Waals surface area contributed by atoms with Crippen LogP contribution in [0.5, 0.6) is 0 Å². The molecule has 1 aliphatic heterocycles. The summed E-state index contributed by atoms with van der Waals surface area (Å²) in [6, 6.07) is 4.98. The molecule has 1 aromatic rings. The van der Waals surface area contributed by atoms with E-state index in [0.29, 0.717) is 19.8 Å². The molecular formula is C13H17NO4. The molecule has 18 heavy (non-hydrogen) atoms. The number of aryl methyl sites for hydroxylation is 1. The summed E-state index contributed by atoms with van der Waals surface area (Å²) >= 11 is 0. The zero-order valence-electron chi connectivity index (χ0n) is 10.3. The molecule has 0 bridgehead atoms. The third kappa shape index (κ3) is 2.47. The van der Waals surface area contributed by atoms with Crippen LogP contribution >= 0.6 is 0 Å². The molecule has 2 rings (SSSR count). The highest BCUT2D eigenvalue weighted by molar-refractivity contribution is 5.88. The van der Waals surface area contributed by atoms with Crippen LogP contribution in [-0.2, 0) is 4.74 Å². The fraction of sp³-hybridized carbons (Fsp3) is 0.462. The number of aromatic carboxylic acids is 1. The molecule has 1 atom stereocenters. The second-order valence-electron chi connectivity index (χ2n) is 4.41. The Kier molecular flexibility index (Phi) is 3.84. The van der Waals surface area contributed by atoms with Gasteiger partial charge in [0, 0.05) is 12.2 Å². The fourth-order valence-electron chi connectivity index (χ4n) is 2.23. The molecular weight excluding hydrogens is 234 g/mol. The Bertz CT molecular complexity index is 447. The van der Waals surface area contributed by atoms with Crippen molar-refractivity contribution in [3.8, 4) is 0 Å². The molecule has 1 fully saturated rings. The molecule has 2 N–H and O–H groups in total. The number of aliphatic hydroxyl groups excluding tert-OH is 1. The molecule has 0 radical (unpaired) electrons. The van der Waals surface area contributed by atoms with E-state index in [0.717, 1.165) is 11.3 Å². The number of aliphatic hydroxyl groups is 1. The maximum atomic E-state index is 10.9. The first kappa shape index (κ1) is 12.9. The van der Waals surface area contributed by atoms with Crippen LogP contribution in [0.2, 0.25) is 0 Å². The van der Waals surface area contributed by atoms with Gasteiger partial charge in [-0.15, -0.1) is 0 Å². The third-order valence-corrected chi connectivity index (χ3v) is 3.19. The molecule has 0 aromatic heterocycles. The Morgan fingerprint density at radius 2 is 2.33 bits per heavy atom. The normalized spacial score (nSPS) is 19.9. The lowest BCUT2D eigenvalue weighted by Gasteiger charge is -2.37. The highest BCUT2D eigenvalue weighted by atomic mass is 16.5. The van der Waals surface area contributed by atoms with Crippen molar-refractivity contribution >= 4 is 11.7 Å². The molecule has 1 heterocycles. The van der Waals surface area contributed by atoms with E-state index in [9.17, 15) is 9.90 Å². The number of rotatable bonds is 3. The largest absolute Gasteiger partial charge is 0.478 e. The molecule has 1 aromatic carbocycles. The van der Waals surface area contributed by atoms with E-state index in [1.807, 2.05) is 6.92 Å². The quantitative estimate of drug-likeness (QED) is 0.835. The van der Waals surface area contributed by atoms with Crippen LogP contribution in [0, 0.1) is 6.92 Å². The van der Waals surface area contributed by atoms with Crippen molar-refractivity contribution in [3.05, 3.63) is 29.3 Å². The van der Waals surface area contributed by atoms with Gasteiger partial charge in [0.1, 0.15) is 0 Å². The van der Waals surface area contributed by atoms with Crippen LogP contribution in [0.25, 0.3) is 0 Å². The van der Waals surface area contributed by atoms with E-state index in [1.165, 1.54) is 0 Å². The lowest BCUT2D eigenvalue weighted by atomic mass is 10.1. The number of anilines is 1. The predicted molar refractivity (Wildman–Crippen MR) is 67.2 cm³/mol. The van der Waals surface area contributed by atoms with Gasteiger partial charge < -0.3 is 19.8 Å². The van der Waals surface area contributed by atoms with Gasteiger partial charge in [-0.25, -0.2) is 4.79 Å². The van der Waals surface area contributed by atoms with Crippen molar-refractivity contribution in [3.63, 3.8) is 0 Å². The molecule has 0 spiro atoms. The van der Waals surface area contributed by atoms with Crippen molar-refractivity contribution in [1.82, 2.24) is 0 Å². The van der Waals surface area contributed by atoms with Crippen LogP contribution < -0.4 is 4.90 Å². The lowest BCUT2D eigenvalue weighted by molar-refractivity contribution is 0.0694. The Morgan fingerprint density at radius 3 is 2.94 bits per heavy atom. The first-order chi connectivity index (χ1) is 8.63. The highest BCUT2D eigenvalue weighted by Crippen LogP contribution is 2.24. The number of carboxylic acid groups (broad SMARTS) is 1. The summed E-state index contributed by atoms with van der Waals surface area (Å²) in [6.07, 6.45) is 0. The number of ether oxygens (including phenoxy) is 1. The smallest absolute Gasteiger partial charge is 0.335 e. The summed E-state index contributed by atoms with van der Waals surface area (Å²) in [5.74, 6) is -0.926. The van der Waals surface area contributed by atoms with Crippen molar-refractivity contribution in [2.45, 2.75) is 13.0 Å². The summed E-state index contributed by atoms with van der Waals surface area (Å²) in [4.78, 5) is 13.0. The van der Waals surface area contributed by atoms with Crippen molar-refractivity contribution in [1.29, 1.82) is 0 Å². The van der Waals surface area contributed by atoms with Crippen LogP contribution in [0.1, 0.15) is 15.9 Å². The number of morpholine rings is 1. The van der Waals surface area contributed by atoms with Crippen molar-refractivity contribution < 1.29 is 19.7 Å². The molecule has 1 saturated heterocycles. The number of hydrogen-bond donors (Lipinski definition) is 2. The zero-order chi connectivity index (χ0) is 13.1. The van der Waals surface area contributed by atoms with Crippen LogP contribution in [0.4, 0.5) is 5.69 Å². The standard InChI is InChI=1S/C13H17NO4/c1-9-6-10(13(16)17)2-3-12(9)14-4-5-18-8-11(14)7-15/h2-3,6,11,15H,4-5,7-8H2,1H3,(H,16,17). The molecule has 0 saturated carbocycles. The Morgan fingerprint density at radius 1 is 1.56 bits per heavy atom. The minimum Gasteiger partial charge on any atom is -0.478 e. The van der Waals surface area contributed by atoms with Gasteiger partial charge in [0.2, 0.25) is 0 Å². The summed E-state index contributed by atoms with van der Waals surface area (Å²) in [7, 11) is 0. The van der Waals surface area contributed by atoms with Gasteiger partial charge in [-0.2, -0.15) is 0 Å². The van der Waals surface area contributed by atoms with E-state index in [1.54, 1.807) is 18.2 Å². The van der Waals surface area contributed by atoms with Crippen LogP contribution in [-0.4, -0.2) is 48.6 Å². The van der Waals surface area contributed by atoms with Gasteiger partial charge in [0.15, 0.2) is 0 Å². The summed E-state index contributed by atoms with van der Waals surface area (Å²) in [5, 5.41) is 18.3. The monoisotopic (exact) mass is 251 g/mol. The highest BCUT2D eigenvalue weighted by Gasteiger charge is 2.23. The van der Waals surface area contributed by atoms with Crippen LogP contribution in [0.15, 0.2) is 18.2 Å². The van der Waals surface area contributed by atoms with E-state index in [4.69, 9.17) is 9.84 Å². The maximum Gasteiger partial charge on any atom is 0.335 e. The molecule has 1 aliphatic rings. The minimum atomic E-state index is -0.926. The summed E-state index contributed by atoms with van der Waals surface area (Å²) in [6.45, 7) is 3.73. The number of carboxylic acids is 1. The fourth-order valence-corrected chi connectivity index (χ4v) is 2.23. The molecule has 0 amide bonds. The van der Waals surface area contributed by atoms with E-state index in [-0.39, 0.29) is 18.2 Å². The molecule has 1 unspecified atom stereocenters. The van der Waals surface area contributed by atoms with Gasteiger partial charge in [-0.05, 0) is 30.7 Å². The second kappa shape index (κ2) is 5.37. The van der Waals surface area contributed by atoms with Crippen molar-refractivity contribution in [2.75, 3.05) is 31.3 Å². The third-order valence-electron chi connectivity index (χ3n) is 3.19. The van der Waals surface area contributed by atoms with Crippen LogP contribution in [0.3, 0.4) is 0 Å². The number of benzene rings is 1. The summed E-state index contributed by atoms with van der Waals surface area (Å²) < 4.78 is 5.33. The average Bonchev–Trinajstić information content (AvgIpc) is 2.38. The van der Waals surface area contributed by atoms with E-state index < -0.39 is 5.97 Å². The number of carbonyl (C=O) groups is 1. The van der Waals surface area contributed by atoms with E-state index >= 15 is 0 Å². The predicted octanol–water partition coefficient (Wildman–Crippen LogP) is 0.891. The Balaban J connectivity index is 2.29. The SMILES string of the molecule is Cc1cc(C(=O)O)ccc1N1CCOCC1CO. The maximum absolute atomic E-state index is 10.9. The molecule has 5 nitrogen and oxygen atoms in total. The summed E-state index contributed by atoms with van der Waals surface area (Å²) in [5.41, 5.74) is 2.14.